The van der Waals surface area contributed by atoms with Gasteiger partial charge in [0.05, 0.1) is 6.04 Å². The van der Waals surface area contributed by atoms with E-state index in [1.54, 1.807) is 0 Å². The summed E-state index contributed by atoms with van der Waals surface area (Å²) in [5.41, 5.74) is 4.22. The van der Waals surface area contributed by atoms with E-state index in [9.17, 15) is 0 Å². The van der Waals surface area contributed by atoms with Gasteiger partial charge in [-0.25, -0.2) is 0 Å². The SMILES string of the molecule is CCC1SCCSC1C(NN)c1ccc(Cl)cc1. The van der Waals surface area contributed by atoms with Crippen molar-refractivity contribution in [1.29, 1.82) is 0 Å². The van der Waals surface area contributed by atoms with Crippen molar-refractivity contribution in [3.63, 3.8) is 0 Å². The predicted molar refractivity (Wildman–Crippen MR) is 84.3 cm³/mol. The topological polar surface area (TPSA) is 38.0 Å². The Morgan fingerprint density at radius 3 is 2.61 bits per heavy atom. The molecule has 1 aromatic rings. The minimum absolute atomic E-state index is 0.199. The van der Waals surface area contributed by atoms with E-state index in [4.69, 9.17) is 17.4 Å². The lowest BCUT2D eigenvalue weighted by molar-refractivity contribution is 0.514. The molecule has 1 heterocycles. The molecule has 0 bridgehead atoms. The van der Waals surface area contributed by atoms with Gasteiger partial charge < -0.3 is 0 Å². The molecule has 2 rings (SSSR count). The molecule has 0 aromatic heterocycles. The normalized spacial score (nSPS) is 25.9. The molecule has 0 amide bonds. The molecule has 0 aliphatic carbocycles. The molecule has 1 aliphatic rings. The van der Waals surface area contributed by atoms with Gasteiger partial charge in [-0.1, -0.05) is 30.7 Å². The maximum absolute atomic E-state index is 5.94. The van der Waals surface area contributed by atoms with Crippen molar-refractivity contribution in [2.75, 3.05) is 11.5 Å². The minimum Gasteiger partial charge on any atom is -0.271 e. The third-order valence-electron chi connectivity index (χ3n) is 3.23. The molecule has 0 spiro atoms. The van der Waals surface area contributed by atoms with Crippen molar-refractivity contribution >= 4 is 35.1 Å². The molecule has 0 radical (unpaired) electrons. The molecule has 1 aliphatic heterocycles. The average molecular weight is 303 g/mol. The zero-order chi connectivity index (χ0) is 13.0. The molecule has 100 valence electrons. The van der Waals surface area contributed by atoms with Crippen molar-refractivity contribution in [3.8, 4) is 0 Å². The van der Waals surface area contributed by atoms with Crippen LogP contribution < -0.4 is 11.3 Å². The van der Waals surface area contributed by atoms with Gasteiger partial charge >= 0.3 is 0 Å². The molecule has 18 heavy (non-hydrogen) atoms. The number of hydrazine groups is 1. The summed E-state index contributed by atoms with van der Waals surface area (Å²) in [6, 6.07) is 8.20. The lowest BCUT2D eigenvalue weighted by Gasteiger charge is -2.35. The van der Waals surface area contributed by atoms with E-state index < -0.39 is 0 Å². The molecular formula is C13H19ClN2S2. The highest BCUT2D eigenvalue weighted by Crippen LogP contribution is 2.40. The Kier molecular flexibility index (Phi) is 5.70. The quantitative estimate of drug-likeness (QED) is 0.660. The number of halogens is 1. The van der Waals surface area contributed by atoms with Crippen molar-refractivity contribution < 1.29 is 0 Å². The highest BCUT2D eigenvalue weighted by Gasteiger charge is 2.32. The average Bonchev–Trinajstić information content (AvgIpc) is 2.42. The molecular weight excluding hydrogens is 284 g/mol. The van der Waals surface area contributed by atoms with Crippen LogP contribution in [0.15, 0.2) is 24.3 Å². The van der Waals surface area contributed by atoms with Crippen LogP contribution in [0.5, 0.6) is 0 Å². The monoisotopic (exact) mass is 302 g/mol. The van der Waals surface area contributed by atoms with E-state index in [1.165, 1.54) is 23.5 Å². The van der Waals surface area contributed by atoms with Crippen molar-refractivity contribution in [2.45, 2.75) is 29.9 Å². The molecule has 1 fully saturated rings. The summed E-state index contributed by atoms with van der Waals surface area (Å²) < 4.78 is 0. The Morgan fingerprint density at radius 1 is 1.33 bits per heavy atom. The molecule has 1 aromatic carbocycles. The van der Waals surface area contributed by atoms with Crippen molar-refractivity contribution in [3.05, 3.63) is 34.9 Å². The standard InChI is InChI=1S/C13H19ClN2S2/c1-2-11-13(18-8-7-17-11)12(16-15)9-3-5-10(14)6-4-9/h3-6,11-13,16H,2,7-8,15H2,1H3. The zero-order valence-electron chi connectivity index (χ0n) is 10.4. The first-order valence-electron chi connectivity index (χ1n) is 6.21. The van der Waals surface area contributed by atoms with Crippen LogP contribution in [0.4, 0.5) is 0 Å². The molecule has 1 saturated heterocycles. The Balaban J connectivity index is 2.18. The summed E-state index contributed by atoms with van der Waals surface area (Å²) in [5, 5.41) is 1.97. The van der Waals surface area contributed by atoms with Gasteiger partial charge in [0.1, 0.15) is 0 Å². The van der Waals surface area contributed by atoms with E-state index in [0.29, 0.717) is 10.5 Å². The van der Waals surface area contributed by atoms with E-state index >= 15 is 0 Å². The van der Waals surface area contributed by atoms with Crippen molar-refractivity contribution in [2.24, 2.45) is 5.84 Å². The van der Waals surface area contributed by atoms with E-state index in [0.717, 1.165) is 5.02 Å². The van der Waals surface area contributed by atoms with Crippen LogP contribution >= 0.6 is 35.1 Å². The number of rotatable bonds is 4. The second-order valence-corrected chi connectivity index (χ2v) is 7.42. The first-order valence-corrected chi connectivity index (χ1v) is 8.68. The van der Waals surface area contributed by atoms with Gasteiger partial charge in [0.2, 0.25) is 0 Å². The second-order valence-electron chi connectivity index (χ2n) is 4.35. The van der Waals surface area contributed by atoms with Crippen LogP contribution in [-0.2, 0) is 0 Å². The predicted octanol–water partition coefficient (Wildman–Crippen LogP) is 3.47. The highest BCUT2D eigenvalue weighted by molar-refractivity contribution is 8.07. The molecule has 0 saturated carbocycles. The summed E-state index contributed by atoms with van der Waals surface area (Å²) in [7, 11) is 0. The minimum atomic E-state index is 0.199. The van der Waals surface area contributed by atoms with Crippen LogP contribution in [0.25, 0.3) is 0 Å². The molecule has 3 N–H and O–H groups in total. The van der Waals surface area contributed by atoms with Crippen molar-refractivity contribution in [1.82, 2.24) is 5.43 Å². The number of hydrogen-bond donors (Lipinski definition) is 2. The molecule has 5 heteroatoms. The Morgan fingerprint density at radius 2 is 2.00 bits per heavy atom. The maximum atomic E-state index is 5.94. The van der Waals surface area contributed by atoms with Crippen LogP contribution in [0.1, 0.15) is 24.9 Å². The number of hydrogen-bond acceptors (Lipinski definition) is 4. The number of thioether (sulfide) groups is 2. The first-order chi connectivity index (χ1) is 8.76. The second kappa shape index (κ2) is 7.06. The van der Waals surface area contributed by atoms with Crippen LogP contribution in [0, 0.1) is 0 Å². The zero-order valence-corrected chi connectivity index (χ0v) is 12.8. The summed E-state index contributed by atoms with van der Waals surface area (Å²) in [6.07, 6.45) is 1.19. The Labute approximate surface area is 122 Å². The fourth-order valence-electron chi connectivity index (χ4n) is 2.30. The number of nitrogens with one attached hydrogen (secondary N) is 1. The lowest BCUT2D eigenvalue weighted by Crippen LogP contribution is -2.41. The van der Waals surface area contributed by atoms with Gasteiger partial charge in [0.25, 0.3) is 0 Å². The molecule has 2 nitrogen and oxygen atoms in total. The maximum Gasteiger partial charge on any atom is 0.0589 e. The third kappa shape index (κ3) is 3.36. The fraction of sp³-hybridized carbons (Fsp3) is 0.538. The van der Waals surface area contributed by atoms with Crippen LogP contribution in [-0.4, -0.2) is 22.0 Å². The van der Waals surface area contributed by atoms with Crippen LogP contribution in [0.2, 0.25) is 5.02 Å². The number of nitrogens with two attached hydrogens (primary N) is 1. The largest absolute Gasteiger partial charge is 0.271 e. The lowest BCUT2D eigenvalue weighted by atomic mass is 10.0. The smallest absolute Gasteiger partial charge is 0.0589 e. The van der Waals surface area contributed by atoms with Gasteiger partial charge in [0, 0.05) is 27.0 Å². The van der Waals surface area contributed by atoms with Crippen LogP contribution in [0.3, 0.4) is 0 Å². The Hall–Kier alpha value is 0.130. The van der Waals surface area contributed by atoms with Gasteiger partial charge in [-0.15, -0.1) is 0 Å². The Bertz CT molecular complexity index is 372. The van der Waals surface area contributed by atoms with E-state index in [2.05, 4.69) is 36.2 Å². The van der Waals surface area contributed by atoms with Gasteiger partial charge in [-0.2, -0.15) is 23.5 Å². The summed E-state index contributed by atoms with van der Waals surface area (Å²) in [6.45, 7) is 2.26. The summed E-state index contributed by atoms with van der Waals surface area (Å²) >= 11 is 10.0. The number of benzene rings is 1. The summed E-state index contributed by atoms with van der Waals surface area (Å²) in [5.74, 6) is 8.24. The van der Waals surface area contributed by atoms with Gasteiger partial charge in [0.15, 0.2) is 0 Å². The summed E-state index contributed by atoms with van der Waals surface area (Å²) in [4.78, 5) is 0. The van der Waals surface area contributed by atoms with Gasteiger partial charge in [-0.3, -0.25) is 11.3 Å². The highest BCUT2D eigenvalue weighted by atomic mass is 35.5. The van der Waals surface area contributed by atoms with E-state index in [1.807, 2.05) is 23.9 Å². The molecule has 3 unspecified atom stereocenters. The first kappa shape index (κ1) is 14.5. The fourth-order valence-corrected chi connectivity index (χ4v) is 5.66. The third-order valence-corrected chi connectivity index (χ3v) is 6.83. The van der Waals surface area contributed by atoms with Gasteiger partial charge in [-0.05, 0) is 24.1 Å². The van der Waals surface area contributed by atoms with E-state index in [-0.39, 0.29) is 6.04 Å². The molecule has 3 atom stereocenters.